The molecule has 5 saturated carbocycles. The molecule has 0 amide bonds. The summed E-state index contributed by atoms with van der Waals surface area (Å²) in [6.07, 6.45) is 14.6. The van der Waals surface area contributed by atoms with Crippen LogP contribution in [0.2, 0.25) is 0 Å². The van der Waals surface area contributed by atoms with Gasteiger partial charge < -0.3 is 56.8 Å². The van der Waals surface area contributed by atoms with Gasteiger partial charge in [0.25, 0.3) is 0 Å². The van der Waals surface area contributed by atoms with Crippen molar-refractivity contribution in [3.05, 3.63) is 34.7 Å². The Morgan fingerprint density at radius 1 is 1.00 bits per heavy atom. The molecule has 12 nitrogen and oxygen atoms in total. The number of Topliss-reactive ketones (excluding diaryl/α,β-unsaturated/α-hetero) is 1. The Kier molecular flexibility index (Phi) is 13.3. The standard InChI is InChI=1S/C50H81N3O9/c1-5-9-30-12-15-32-33-10-6-7-21-50(61,45(33)62-39(32)16-13-30)47(4,59)40-20-24-49(60)42-34(19-22-46(40,49)3)48(23-18-31-14-17-41(51)53-36(31)11-8-25-54)27-38(57)37(56)26-35(48)44(58)43(42)52-28-29(2)55/h14,17,29-30,32-35,37-41,45,52-57,59-61H,5-13,15-16,18-28,51H2,1-4H3/t29-,30+,32-,33-,34-,35-,37+,38-,39+,40-,41?,45+,46+,47+,48+,49+,50+/m0/s1. The Balaban J connectivity index is 1.17. The van der Waals surface area contributed by atoms with Crippen molar-refractivity contribution in [3.8, 4) is 0 Å². The van der Waals surface area contributed by atoms with Gasteiger partial charge in [-0.1, -0.05) is 52.0 Å². The number of nitrogens with one attached hydrogen (secondary N) is 2. The summed E-state index contributed by atoms with van der Waals surface area (Å²) in [7, 11) is 0. The molecule has 2 aliphatic heterocycles. The van der Waals surface area contributed by atoms with E-state index in [1.807, 2.05) is 12.2 Å². The molecule has 350 valence electrons. The van der Waals surface area contributed by atoms with Gasteiger partial charge in [0.2, 0.25) is 0 Å². The number of allylic oxidation sites excluding steroid dienone is 4. The van der Waals surface area contributed by atoms with Gasteiger partial charge in [0.05, 0.1) is 53.6 Å². The maximum atomic E-state index is 15.3. The Morgan fingerprint density at radius 2 is 1.77 bits per heavy atom. The zero-order valence-electron chi connectivity index (χ0n) is 38.2. The van der Waals surface area contributed by atoms with Gasteiger partial charge in [0, 0.05) is 30.2 Å². The predicted molar refractivity (Wildman–Crippen MR) is 237 cm³/mol. The summed E-state index contributed by atoms with van der Waals surface area (Å²) in [5, 5.41) is 90.1. The topological polar surface area (TPSA) is 218 Å². The number of dihydropyridines is 1. The fourth-order valence-electron chi connectivity index (χ4n) is 15.6. The van der Waals surface area contributed by atoms with E-state index in [2.05, 4.69) is 24.5 Å². The molecule has 12 heteroatoms. The third-order valence-electron chi connectivity index (χ3n) is 18.8. The first-order valence-electron chi connectivity index (χ1n) is 24.9. The number of nitrogens with two attached hydrogens (primary N) is 1. The van der Waals surface area contributed by atoms with Crippen molar-refractivity contribution < 1.29 is 45.3 Å². The molecule has 0 aromatic carbocycles. The van der Waals surface area contributed by atoms with Gasteiger partial charge in [0.15, 0.2) is 5.78 Å². The lowest BCUT2D eigenvalue weighted by Gasteiger charge is -2.63. The van der Waals surface area contributed by atoms with Crippen LogP contribution >= 0.6 is 0 Å². The molecular weight excluding hydrogens is 787 g/mol. The Labute approximate surface area is 370 Å². The van der Waals surface area contributed by atoms with Crippen LogP contribution in [0.25, 0.3) is 0 Å². The minimum atomic E-state index is -1.63. The lowest BCUT2D eigenvalue weighted by Crippen LogP contribution is -2.69. The average Bonchev–Trinajstić information content (AvgIpc) is 3.56. The second-order valence-corrected chi connectivity index (χ2v) is 22.1. The SMILES string of the molecule is CCC[C@@H]1CC[C@H]2[C@@H]3CCCC[C@](O)([C@](C)(O)[C@H]4CC[C@@]5(O)C6=C(NC[C@H](C)O)C(=O)[C@@H]7C[C@@H](O)[C@@H](O)C[C@]7(CCC7=C(CCCO)NC(N)C=C7)[C@H]6CC[C@]45C)[C@@H]3O[C@@H]2CC1. The molecule has 0 radical (unpaired) electrons. The van der Waals surface area contributed by atoms with E-state index in [1.54, 1.807) is 13.8 Å². The summed E-state index contributed by atoms with van der Waals surface area (Å²) < 4.78 is 7.05. The lowest BCUT2D eigenvalue weighted by molar-refractivity contribution is -0.252. The number of ketones is 1. The highest BCUT2D eigenvalue weighted by Gasteiger charge is 2.74. The summed E-state index contributed by atoms with van der Waals surface area (Å²) in [6.45, 7) is 7.92. The number of carbonyl (C=O) groups is 1. The minimum absolute atomic E-state index is 0.0396. The second-order valence-electron chi connectivity index (χ2n) is 22.1. The smallest absolute Gasteiger partial charge is 0.182 e. The van der Waals surface area contributed by atoms with Crippen LogP contribution in [0.15, 0.2) is 34.7 Å². The summed E-state index contributed by atoms with van der Waals surface area (Å²) in [4.78, 5) is 15.3. The fourth-order valence-corrected chi connectivity index (χ4v) is 15.6. The molecule has 0 aromatic rings. The lowest BCUT2D eigenvalue weighted by atomic mass is 9.43. The van der Waals surface area contributed by atoms with Crippen molar-refractivity contribution in [1.82, 2.24) is 10.6 Å². The Hall–Kier alpha value is -1.87. The quantitative estimate of drug-likeness (QED) is 0.121. The summed E-state index contributed by atoms with van der Waals surface area (Å²) >= 11 is 0. The highest BCUT2D eigenvalue weighted by molar-refractivity contribution is 6.00. The van der Waals surface area contributed by atoms with Gasteiger partial charge in [0.1, 0.15) is 5.60 Å². The van der Waals surface area contributed by atoms with Crippen LogP contribution in [0.3, 0.4) is 0 Å². The molecule has 6 aliphatic carbocycles. The highest BCUT2D eigenvalue weighted by Crippen LogP contribution is 2.71. The number of rotatable bonds is 13. The van der Waals surface area contributed by atoms with E-state index in [-0.39, 0.29) is 62.3 Å². The zero-order valence-corrected chi connectivity index (χ0v) is 38.2. The molecule has 8 rings (SSSR count). The number of aliphatic hydroxyl groups excluding tert-OH is 4. The number of hydrogen-bond acceptors (Lipinski definition) is 12. The van der Waals surface area contributed by atoms with Gasteiger partial charge in [-0.2, -0.15) is 0 Å². The number of ether oxygens (including phenoxy) is 1. The van der Waals surface area contributed by atoms with Crippen molar-refractivity contribution in [2.24, 2.45) is 52.1 Å². The number of aliphatic hydroxyl groups is 7. The van der Waals surface area contributed by atoms with Gasteiger partial charge in [-0.05, 0) is 162 Å². The molecule has 0 spiro atoms. The van der Waals surface area contributed by atoms with E-state index in [9.17, 15) is 35.7 Å². The summed E-state index contributed by atoms with van der Waals surface area (Å²) in [6, 6.07) is 0. The monoisotopic (exact) mass is 868 g/mol. The van der Waals surface area contributed by atoms with Gasteiger partial charge in [-0.15, -0.1) is 0 Å². The van der Waals surface area contributed by atoms with E-state index >= 15 is 4.79 Å². The first kappa shape index (κ1) is 46.7. The summed E-state index contributed by atoms with van der Waals surface area (Å²) in [5.41, 5.74) is 2.68. The van der Waals surface area contributed by atoms with Crippen molar-refractivity contribution in [3.63, 3.8) is 0 Å². The number of carbonyl (C=O) groups excluding carboxylic acids is 1. The van der Waals surface area contributed by atoms with E-state index in [1.165, 1.54) is 19.3 Å². The van der Waals surface area contributed by atoms with Gasteiger partial charge in [-0.25, -0.2) is 0 Å². The zero-order chi connectivity index (χ0) is 44.4. The maximum absolute atomic E-state index is 15.3. The third kappa shape index (κ3) is 7.59. The Bertz CT molecular complexity index is 1750. The largest absolute Gasteiger partial charge is 0.396 e. The molecule has 2 heterocycles. The second kappa shape index (κ2) is 17.7. The first-order valence-corrected chi connectivity index (χ1v) is 24.9. The number of hydrogen-bond donors (Lipinski definition) is 10. The van der Waals surface area contributed by atoms with Crippen LogP contribution in [0.5, 0.6) is 0 Å². The highest BCUT2D eigenvalue weighted by atomic mass is 16.5. The van der Waals surface area contributed by atoms with E-state index in [0.29, 0.717) is 68.6 Å². The molecule has 0 aromatic heterocycles. The molecule has 6 fully saturated rings. The van der Waals surface area contributed by atoms with Crippen molar-refractivity contribution in [2.45, 2.75) is 210 Å². The van der Waals surface area contributed by atoms with Crippen molar-refractivity contribution >= 4 is 5.78 Å². The van der Waals surface area contributed by atoms with Crippen LogP contribution < -0.4 is 16.4 Å². The molecule has 1 unspecified atom stereocenters. The van der Waals surface area contributed by atoms with Crippen LogP contribution in [-0.4, -0.2) is 108 Å². The van der Waals surface area contributed by atoms with E-state index < -0.39 is 63.9 Å². The maximum Gasteiger partial charge on any atom is 0.182 e. The molecule has 11 N–H and O–H groups in total. The summed E-state index contributed by atoms with van der Waals surface area (Å²) in [5.74, 6) is -0.487. The predicted octanol–water partition coefficient (Wildman–Crippen LogP) is 4.77. The molecule has 0 bridgehead atoms. The molecule has 17 atom stereocenters. The Morgan fingerprint density at radius 3 is 2.52 bits per heavy atom. The fraction of sp³-hybridized carbons (Fsp3) is 0.860. The normalized spacial score (nSPS) is 45.7. The van der Waals surface area contributed by atoms with Crippen LogP contribution in [0.1, 0.15) is 156 Å². The number of fused-ring (bicyclic) bond motifs is 8. The first-order chi connectivity index (χ1) is 29.5. The van der Waals surface area contributed by atoms with Crippen molar-refractivity contribution in [1.29, 1.82) is 0 Å². The third-order valence-corrected chi connectivity index (χ3v) is 18.8. The van der Waals surface area contributed by atoms with E-state index in [4.69, 9.17) is 10.5 Å². The van der Waals surface area contributed by atoms with Crippen LogP contribution in [0.4, 0.5) is 0 Å². The minimum Gasteiger partial charge on any atom is -0.396 e. The van der Waals surface area contributed by atoms with Crippen LogP contribution in [0, 0.1) is 46.3 Å². The molecule has 8 aliphatic rings. The molecule has 62 heavy (non-hydrogen) atoms. The van der Waals surface area contributed by atoms with Gasteiger partial charge >= 0.3 is 0 Å². The van der Waals surface area contributed by atoms with Crippen molar-refractivity contribution in [2.75, 3.05) is 13.2 Å². The molecular formula is C50H81N3O9. The van der Waals surface area contributed by atoms with Gasteiger partial charge in [-0.3, -0.25) is 4.79 Å². The molecule has 1 saturated heterocycles. The van der Waals surface area contributed by atoms with E-state index in [0.717, 1.165) is 55.7 Å². The van der Waals surface area contributed by atoms with Crippen LogP contribution in [-0.2, 0) is 9.53 Å². The average molecular weight is 868 g/mol.